The van der Waals surface area contributed by atoms with Crippen LogP contribution in [-0.2, 0) is 0 Å². The van der Waals surface area contributed by atoms with Crippen molar-refractivity contribution in [3.05, 3.63) is 51.6 Å². The minimum atomic E-state index is -0.549. The predicted octanol–water partition coefficient (Wildman–Crippen LogP) is 2.61. The van der Waals surface area contributed by atoms with Gasteiger partial charge in [0.1, 0.15) is 0 Å². The fourth-order valence-electron chi connectivity index (χ4n) is 2.32. The SMILES string of the molecule is C.CN1C(=O)c2cccc3cc([N+](=O)[O-])cc(c23)C1=O. The van der Waals surface area contributed by atoms with Crippen molar-refractivity contribution < 1.29 is 14.5 Å². The average Bonchev–Trinajstić information content (AvgIpc) is 2.41. The van der Waals surface area contributed by atoms with E-state index in [1.54, 1.807) is 18.2 Å². The Kier molecular flexibility index (Phi) is 3.01. The Morgan fingerprint density at radius 1 is 1.10 bits per heavy atom. The van der Waals surface area contributed by atoms with Crippen LogP contribution >= 0.6 is 0 Å². The third kappa shape index (κ3) is 1.65. The van der Waals surface area contributed by atoms with Crippen LogP contribution in [-0.4, -0.2) is 28.7 Å². The van der Waals surface area contributed by atoms with Crippen LogP contribution in [0, 0.1) is 10.1 Å². The molecule has 2 amide bonds. The number of nitro groups is 1. The van der Waals surface area contributed by atoms with Gasteiger partial charge in [0.05, 0.1) is 10.5 Å². The van der Waals surface area contributed by atoms with Gasteiger partial charge in [0.2, 0.25) is 0 Å². The Bertz CT molecular complexity index is 767. The smallest absolute Gasteiger partial charge is 0.270 e. The molecule has 1 aliphatic heterocycles. The number of hydrogen-bond acceptors (Lipinski definition) is 4. The first kappa shape index (κ1) is 13.7. The molecular formula is C14H12N2O4. The van der Waals surface area contributed by atoms with Gasteiger partial charge in [-0.2, -0.15) is 0 Å². The molecule has 6 nitrogen and oxygen atoms in total. The molecule has 20 heavy (non-hydrogen) atoms. The third-order valence-corrected chi connectivity index (χ3v) is 3.24. The van der Waals surface area contributed by atoms with Gasteiger partial charge in [0.15, 0.2) is 0 Å². The molecule has 0 saturated carbocycles. The van der Waals surface area contributed by atoms with Gasteiger partial charge in [0, 0.05) is 30.1 Å². The van der Waals surface area contributed by atoms with Gasteiger partial charge in [-0.15, -0.1) is 0 Å². The monoisotopic (exact) mass is 272 g/mol. The van der Waals surface area contributed by atoms with Gasteiger partial charge in [-0.3, -0.25) is 24.6 Å². The molecule has 0 aromatic heterocycles. The highest BCUT2D eigenvalue weighted by molar-refractivity contribution is 6.25. The van der Waals surface area contributed by atoms with Crippen LogP contribution < -0.4 is 0 Å². The Balaban J connectivity index is 0.00000147. The van der Waals surface area contributed by atoms with E-state index in [1.165, 1.54) is 19.2 Å². The number of non-ortho nitro benzene ring substituents is 1. The minimum Gasteiger partial charge on any atom is -0.277 e. The lowest BCUT2D eigenvalue weighted by Crippen LogP contribution is -2.36. The second kappa shape index (κ2) is 4.41. The molecular weight excluding hydrogens is 260 g/mol. The number of amides is 2. The molecule has 1 aliphatic rings. The summed E-state index contributed by atoms with van der Waals surface area (Å²) in [4.78, 5) is 35.4. The van der Waals surface area contributed by atoms with E-state index in [2.05, 4.69) is 0 Å². The van der Waals surface area contributed by atoms with Crippen molar-refractivity contribution in [1.82, 2.24) is 4.90 Å². The first-order valence-electron chi connectivity index (χ1n) is 5.54. The molecule has 2 aromatic rings. The van der Waals surface area contributed by atoms with E-state index in [-0.39, 0.29) is 18.7 Å². The van der Waals surface area contributed by atoms with Crippen LogP contribution in [0.3, 0.4) is 0 Å². The highest BCUT2D eigenvalue weighted by Crippen LogP contribution is 2.32. The second-order valence-corrected chi connectivity index (χ2v) is 4.32. The molecule has 0 aliphatic carbocycles. The molecule has 102 valence electrons. The fourth-order valence-corrected chi connectivity index (χ4v) is 2.32. The zero-order valence-electron chi connectivity index (χ0n) is 9.91. The standard InChI is InChI=1S/C13H8N2O4.CH4/c1-14-12(16)9-4-2-3-7-5-8(15(18)19)6-10(11(7)9)13(14)17;/h2-6H,1H3;1H4. The molecule has 1 heterocycles. The maximum absolute atomic E-state index is 12.1. The highest BCUT2D eigenvalue weighted by atomic mass is 16.6. The van der Waals surface area contributed by atoms with Crippen molar-refractivity contribution in [2.24, 2.45) is 0 Å². The second-order valence-electron chi connectivity index (χ2n) is 4.32. The normalized spacial score (nSPS) is 13.3. The Hall–Kier alpha value is -2.76. The molecule has 0 saturated heterocycles. The fraction of sp³-hybridized carbons (Fsp3) is 0.143. The number of benzene rings is 2. The molecule has 0 bridgehead atoms. The van der Waals surface area contributed by atoms with Gasteiger partial charge in [-0.25, -0.2) is 0 Å². The number of carbonyl (C=O) groups excluding carboxylic acids is 2. The molecule has 3 rings (SSSR count). The van der Waals surface area contributed by atoms with Gasteiger partial charge in [0.25, 0.3) is 17.5 Å². The Morgan fingerprint density at radius 3 is 2.40 bits per heavy atom. The van der Waals surface area contributed by atoms with Crippen molar-refractivity contribution in [3.63, 3.8) is 0 Å². The number of hydrogen-bond donors (Lipinski definition) is 0. The van der Waals surface area contributed by atoms with Crippen molar-refractivity contribution in [3.8, 4) is 0 Å². The number of nitrogens with zero attached hydrogens (tertiary/aromatic N) is 2. The molecule has 6 heteroatoms. The van der Waals surface area contributed by atoms with E-state index in [0.29, 0.717) is 16.3 Å². The molecule has 0 atom stereocenters. The summed E-state index contributed by atoms with van der Waals surface area (Å²) in [6.45, 7) is 0. The van der Waals surface area contributed by atoms with E-state index < -0.39 is 16.7 Å². The lowest BCUT2D eigenvalue weighted by Gasteiger charge is -2.23. The van der Waals surface area contributed by atoms with E-state index in [0.717, 1.165) is 4.90 Å². The topological polar surface area (TPSA) is 80.5 Å². The summed E-state index contributed by atoms with van der Waals surface area (Å²) < 4.78 is 0. The minimum absolute atomic E-state index is 0. The number of nitro benzene ring substituents is 1. The summed E-state index contributed by atoms with van der Waals surface area (Å²) in [7, 11) is 1.37. The molecule has 0 N–H and O–H groups in total. The zero-order chi connectivity index (χ0) is 13.7. The largest absolute Gasteiger partial charge is 0.277 e. The molecule has 0 fully saturated rings. The van der Waals surface area contributed by atoms with E-state index in [9.17, 15) is 19.7 Å². The van der Waals surface area contributed by atoms with Crippen LogP contribution in [0.2, 0.25) is 0 Å². The quantitative estimate of drug-likeness (QED) is 0.454. The third-order valence-electron chi connectivity index (χ3n) is 3.24. The summed E-state index contributed by atoms with van der Waals surface area (Å²) >= 11 is 0. The van der Waals surface area contributed by atoms with Crippen LogP contribution in [0.15, 0.2) is 30.3 Å². The summed E-state index contributed by atoms with van der Waals surface area (Å²) in [6, 6.07) is 7.50. The summed E-state index contributed by atoms with van der Waals surface area (Å²) in [5.41, 5.74) is 0.433. The maximum Gasteiger partial charge on any atom is 0.270 e. The van der Waals surface area contributed by atoms with Crippen molar-refractivity contribution in [2.45, 2.75) is 7.43 Å². The Morgan fingerprint density at radius 2 is 1.75 bits per heavy atom. The van der Waals surface area contributed by atoms with Gasteiger partial charge in [-0.05, 0) is 11.5 Å². The van der Waals surface area contributed by atoms with Crippen LogP contribution in [0.4, 0.5) is 5.69 Å². The van der Waals surface area contributed by atoms with Crippen LogP contribution in [0.25, 0.3) is 10.8 Å². The summed E-state index contributed by atoms with van der Waals surface area (Å²) in [6.07, 6.45) is 0. The average molecular weight is 272 g/mol. The highest BCUT2D eigenvalue weighted by Gasteiger charge is 2.31. The molecule has 0 spiro atoms. The zero-order valence-corrected chi connectivity index (χ0v) is 9.91. The van der Waals surface area contributed by atoms with Gasteiger partial charge in [-0.1, -0.05) is 19.6 Å². The predicted molar refractivity (Wildman–Crippen MR) is 73.8 cm³/mol. The first-order chi connectivity index (χ1) is 9.00. The number of rotatable bonds is 1. The van der Waals surface area contributed by atoms with Crippen molar-refractivity contribution in [1.29, 1.82) is 0 Å². The van der Waals surface area contributed by atoms with Crippen LogP contribution in [0.5, 0.6) is 0 Å². The van der Waals surface area contributed by atoms with Crippen molar-refractivity contribution >= 4 is 28.3 Å². The Labute approximate surface area is 114 Å². The summed E-state index contributed by atoms with van der Waals surface area (Å²) in [5, 5.41) is 11.9. The van der Waals surface area contributed by atoms with Crippen LogP contribution in [0.1, 0.15) is 28.1 Å². The number of carbonyl (C=O) groups is 2. The molecule has 2 aromatic carbocycles. The first-order valence-corrected chi connectivity index (χ1v) is 5.54. The van der Waals surface area contributed by atoms with Gasteiger partial charge >= 0.3 is 0 Å². The van der Waals surface area contributed by atoms with E-state index in [4.69, 9.17) is 0 Å². The van der Waals surface area contributed by atoms with Crippen molar-refractivity contribution in [2.75, 3.05) is 7.05 Å². The van der Waals surface area contributed by atoms with E-state index >= 15 is 0 Å². The molecule has 0 unspecified atom stereocenters. The lowest BCUT2D eigenvalue weighted by molar-refractivity contribution is -0.384. The lowest BCUT2D eigenvalue weighted by atomic mass is 9.94. The van der Waals surface area contributed by atoms with Gasteiger partial charge < -0.3 is 0 Å². The number of imide groups is 1. The summed E-state index contributed by atoms with van der Waals surface area (Å²) in [5.74, 6) is -0.908. The maximum atomic E-state index is 12.1. The van der Waals surface area contributed by atoms with E-state index in [1.807, 2.05) is 0 Å². The molecule has 0 radical (unpaired) electrons.